The smallest absolute Gasteiger partial charge is 0.419 e. The van der Waals surface area contributed by atoms with E-state index in [-0.39, 0.29) is 11.8 Å². The van der Waals surface area contributed by atoms with Crippen LogP contribution in [-0.2, 0) is 11.6 Å². The van der Waals surface area contributed by atoms with Crippen molar-refractivity contribution in [1.29, 1.82) is 0 Å². The molecule has 0 unspecified atom stereocenters. The van der Waals surface area contributed by atoms with Gasteiger partial charge in [-0.15, -0.1) is 0 Å². The Morgan fingerprint density at radius 2 is 1.10 bits per heavy atom. The number of benzene rings is 2. The third-order valence-corrected chi connectivity index (χ3v) is 4.31. The van der Waals surface area contributed by atoms with Gasteiger partial charge in [0.15, 0.2) is 0 Å². The molecule has 0 N–H and O–H groups in total. The van der Waals surface area contributed by atoms with Crippen molar-refractivity contribution in [1.82, 2.24) is 0 Å². The lowest BCUT2D eigenvalue weighted by molar-refractivity contribution is -0.288. The summed E-state index contributed by atoms with van der Waals surface area (Å²) in [5.74, 6) is -0.938. The monoisotopic (exact) mass is 432 g/mol. The van der Waals surface area contributed by atoms with E-state index in [0.717, 1.165) is 26.4 Å². The van der Waals surface area contributed by atoms with Crippen LogP contribution in [0.15, 0.2) is 42.5 Å². The topological polar surface area (TPSA) is 18.5 Å². The average Bonchev–Trinajstić information content (AvgIpc) is 2.59. The van der Waals surface area contributed by atoms with E-state index in [9.17, 15) is 39.5 Å². The molecule has 0 amide bonds. The number of alkyl halides is 9. The molecule has 0 radical (unpaired) electrons. The fourth-order valence-electron chi connectivity index (χ4n) is 2.99. The lowest BCUT2D eigenvalue weighted by Crippen LogP contribution is -2.54. The Bertz CT molecular complexity index is 836. The Morgan fingerprint density at radius 1 is 0.621 bits per heavy atom. The van der Waals surface area contributed by atoms with Crippen molar-refractivity contribution in [2.75, 3.05) is 14.2 Å². The maximum absolute atomic E-state index is 14.0. The van der Waals surface area contributed by atoms with Crippen molar-refractivity contribution < 1.29 is 49.0 Å². The zero-order valence-corrected chi connectivity index (χ0v) is 14.8. The highest BCUT2D eigenvalue weighted by atomic mass is 19.4. The van der Waals surface area contributed by atoms with Gasteiger partial charge in [-0.1, -0.05) is 18.2 Å². The Morgan fingerprint density at radius 3 is 1.48 bits per heavy atom. The second-order valence-electron chi connectivity index (χ2n) is 5.89. The second-order valence-corrected chi connectivity index (χ2v) is 5.89. The summed E-state index contributed by atoms with van der Waals surface area (Å²) in [6, 6.07) is 3.29. The van der Waals surface area contributed by atoms with E-state index in [2.05, 4.69) is 4.74 Å². The number of hydrogen-bond acceptors (Lipinski definition) is 2. The van der Waals surface area contributed by atoms with Gasteiger partial charge in [0.25, 0.3) is 0 Å². The highest BCUT2D eigenvalue weighted by Crippen LogP contribution is 2.57. The first-order valence-corrected chi connectivity index (χ1v) is 7.73. The van der Waals surface area contributed by atoms with Crippen molar-refractivity contribution >= 4 is 0 Å². The largest absolute Gasteiger partial charge is 0.497 e. The third kappa shape index (κ3) is 3.82. The highest BCUT2D eigenvalue weighted by molar-refractivity contribution is 5.50. The highest BCUT2D eigenvalue weighted by Gasteiger charge is 2.72. The lowest BCUT2D eigenvalue weighted by Gasteiger charge is -2.38. The summed E-state index contributed by atoms with van der Waals surface area (Å²) in [5, 5.41) is 0. The number of halogens is 9. The van der Waals surface area contributed by atoms with Gasteiger partial charge in [0, 0.05) is 0 Å². The molecule has 0 saturated carbocycles. The maximum atomic E-state index is 14.0. The molecule has 0 aliphatic heterocycles. The lowest BCUT2D eigenvalue weighted by atomic mass is 9.72. The summed E-state index contributed by atoms with van der Waals surface area (Å²) < 4.78 is 133. The number of ether oxygens (including phenoxy) is 2. The van der Waals surface area contributed by atoms with E-state index < -0.39 is 46.4 Å². The van der Waals surface area contributed by atoms with Crippen molar-refractivity contribution in [3.8, 4) is 11.5 Å². The molecular weight excluding hydrogens is 419 g/mol. The van der Waals surface area contributed by atoms with Crippen molar-refractivity contribution in [2.24, 2.45) is 0 Å². The van der Waals surface area contributed by atoms with E-state index in [1.165, 1.54) is 0 Å². The molecule has 0 heterocycles. The fourth-order valence-corrected chi connectivity index (χ4v) is 2.99. The molecular formula is C18H13F9O2. The Hall–Kier alpha value is -2.59. The van der Waals surface area contributed by atoms with E-state index >= 15 is 0 Å². The minimum Gasteiger partial charge on any atom is -0.497 e. The maximum Gasteiger partial charge on any atom is 0.419 e. The summed E-state index contributed by atoms with van der Waals surface area (Å²) in [6.45, 7) is 0. The summed E-state index contributed by atoms with van der Waals surface area (Å²) in [6.07, 6.45) is -17.3. The number of rotatable bonds is 4. The van der Waals surface area contributed by atoms with Crippen LogP contribution in [0.1, 0.15) is 16.7 Å². The standard InChI is InChI=1S/C18H13F9O2/c1-28-12-6-3-10(4-7-12)15(17(22,23)24,18(25,26)27)11-5-8-14(29-2)13(9-11)16(19,20)21/h3-9H,1-2H3. The van der Waals surface area contributed by atoms with E-state index in [1.54, 1.807) is 0 Å². The molecule has 160 valence electrons. The molecule has 0 fully saturated rings. The van der Waals surface area contributed by atoms with Crippen LogP contribution in [0.5, 0.6) is 11.5 Å². The molecule has 2 nitrogen and oxygen atoms in total. The Labute approximate surface area is 158 Å². The first-order chi connectivity index (χ1) is 13.2. The van der Waals surface area contributed by atoms with Crippen LogP contribution in [0.4, 0.5) is 39.5 Å². The molecule has 0 spiro atoms. The van der Waals surface area contributed by atoms with Crippen LogP contribution in [-0.4, -0.2) is 26.6 Å². The van der Waals surface area contributed by atoms with Gasteiger partial charge in [0.1, 0.15) is 11.5 Å². The molecule has 0 aliphatic carbocycles. The van der Waals surface area contributed by atoms with Gasteiger partial charge in [-0.3, -0.25) is 0 Å². The summed E-state index contributed by atoms with van der Waals surface area (Å²) >= 11 is 0. The quantitative estimate of drug-likeness (QED) is 0.541. The van der Waals surface area contributed by atoms with Crippen molar-refractivity contribution in [3.05, 3.63) is 59.2 Å². The molecule has 0 saturated heterocycles. The van der Waals surface area contributed by atoms with Gasteiger partial charge in [-0.25, -0.2) is 0 Å². The average molecular weight is 432 g/mol. The normalized spacial score (nSPS) is 13.3. The predicted molar refractivity (Wildman–Crippen MR) is 83.9 cm³/mol. The molecule has 0 atom stereocenters. The van der Waals surface area contributed by atoms with Gasteiger partial charge in [-0.05, 0) is 35.4 Å². The Balaban J connectivity index is 2.95. The molecule has 0 aliphatic rings. The number of hydrogen-bond donors (Lipinski definition) is 0. The zero-order chi connectivity index (χ0) is 22.3. The molecule has 2 aromatic carbocycles. The van der Waals surface area contributed by atoms with Gasteiger partial charge in [0.2, 0.25) is 5.41 Å². The summed E-state index contributed by atoms with van der Waals surface area (Å²) in [5.41, 5.74) is -9.42. The van der Waals surface area contributed by atoms with Gasteiger partial charge < -0.3 is 9.47 Å². The zero-order valence-electron chi connectivity index (χ0n) is 14.8. The van der Waals surface area contributed by atoms with Crippen LogP contribution in [0.25, 0.3) is 0 Å². The molecule has 0 aromatic heterocycles. The number of methoxy groups -OCH3 is 2. The van der Waals surface area contributed by atoms with Gasteiger partial charge in [-0.2, -0.15) is 39.5 Å². The molecule has 2 aromatic rings. The van der Waals surface area contributed by atoms with E-state index in [1.807, 2.05) is 0 Å². The minimum atomic E-state index is -6.02. The summed E-state index contributed by atoms with van der Waals surface area (Å²) in [4.78, 5) is 0. The van der Waals surface area contributed by atoms with E-state index in [0.29, 0.717) is 24.3 Å². The molecule has 11 heteroatoms. The second kappa shape index (κ2) is 7.34. The molecule has 2 rings (SSSR count). The van der Waals surface area contributed by atoms with Crippen LogP contribution in [0.2, 0.25) is 0 Å². The van der Waals surface area contributed by atoms with Gasteiger partial charge in [0.05, 0.1) is 19.8 Å². The van der Waals surface area contributed by atoms with Crippen molar-refractivity contribution in [2.45, 2.75) is 23.9 Å². The van der Waals surface area contributed by atoms with E-state index in [4.69, 9.17) is 4.74 Å². The third-order valence-electron chi connectivity index (χ3n) is 4.31. The van der Waals surface area contributed by atoms with Crippen LogP contribution >= 0.6 is 0 Å². The first-order valence-electron chi connectivity index (χ1n) is 7.73. The van der Waals surface area contributed by atoms with Crippen LogP contribution < -0.4 is 9.47 Å². The van der Waals surface area contributed by atoms with Crippen molar-refractivity contribution in [3.63, 3.8) is 0 Å². The van der Waals surface area contributed by atoms with Crippen LogP contribution in [0.3, 0.4) is 0 Å². The predicted octanol–water partition coefficient (Wildman–Crippen LogP) is 6.13. The SMILES string of the molecule is COc1ccc(C(c2ccc(OC)c(C(F)(F)F)c2)(C(F)(F)F)C(F)(F)F)cc1. The molecule has 29 heavy (non-hydrogen) atoms. The fraction of sp³-hybridized carbons (Fsp3) is 0.333. The first kappa shape index (κ1) is 22.7. The van der Waals surface area contributed by atoms with Gasteiger partial charge >= 0.3 is 18.5 Å². The minimum absolute atomic E-state index is 0.0299. The molecule has 0 bridgehead atoms. The Kier molecular flexibility index (Phi) is 5.75. The van der Waals surface area contributed by atoms with Crippen LogP contribution in [0, 0.1) is 0 Å². The summed E-state index contributed by atoms with van der Waals surface area (Å²) in [7, 11) is 1.96.